The summed E-state index contributed by atoms with van der Waals surface area (Å²) in [6.07, 6.45) is 2.60. The van der Waals surface area contributed by atoms with E-state index in [1.54, 1.807) is 7.11 Å². The van der Waals surface area contributed by atoms with Crippen LogP contribution in [0.1, 0.15) is 18.4 Å². The van der Waals surface area contributed by atoms with Crippen molar-refractivity contribution in [1.82, 2.24) is 0 Å². The van der Waals surface area contributed by atoms with Gasteiger partial charge in [0.2, 0.25) is 0 Å². The molecule has 0 heterocycles. The van der Waals surface area contributed by atoms with Crippen molar-refractivity contribution in [1.29, 1.82) is 0 Å². The molecule has 0 atom stereocenters. The average Bonchev–Trinajstić information content (AvgIpc) is 3.00. The van der Waals surface area contributed by atoms with Gasteiger partial charge in [0.15, 0.2) is 0 Å². The van der Waals surface area contributed by atoms with E-state index >= 15 is 0 Å². The van der Waals surface area contributed by atoms with Gasteiger partial charge < -0.3 is 4.74 Å². The molecular weight excluding hydrogens is 160 g/mol. The number of hydrogen-bond acceptors (Lipinski definition) is 1. The van der Waals surface area contributed by atoms with E-state index in [-0.39, 0.29) is 0 Å². The van der Waals surface area contributed by atoms with Crippen LogP contribution in [0.4, 0.5) is 0 Å². The van der Waals surface area contributed by atoms with Crippen molar-refractivity contribution in [3.05, 3.63) is 36.4 Å². The minimum atomic E-state index is 0.729. The fraction of sp³-hybridized carbons (Fsp3) is 0.333. The van der Waals surface area contributed by atoms with Crippen molar-refractivity contribution in [3.8, 4) is 5.75 Å². The second-order valence-electron chi connectivity index (χ2n) is 3.53. The Hall–Kier alpha value is -1.24. The Kier molecular flexibility index (Phi) is 2.09. The fourth-order valence-corrected chi connectivity index (χ4v) is 1.49. The standard InChI is InChI=1S/C12H14O/c1-9(10-6-7-10)11-4-3-5-12(8-11)13-2/h3-5,8,10H,1,6-7H2,2H3. The van der Waals surface area contributed by atoms with Gasteiger partial charge in [0.1, 0.15) is 5.75 Å². The number of benzene rings is 1. The molecule has 68 valence electrons. The van der Waals surface area contributed by atoms with Crippen molar-refractivity contribution in [2.24, 2.45) is 5.92 Å². The molecule has 1 fully saturated rings. The van der Waals surface area contributed by atoms with E-state index in [0.29, 0.717) is 0 Å². The third-order valence-electron chi connectivity index (χ3n) is 2.51. The van der Waals surface area contributed by atoms with Crippen molar-refractivity contribution >= 4 is 5.57 Å². The summed E-state index contributed by atoms with van der Waals surface area (Å²) < 4.78 is 5.16. The Morgan fingerprint density at radius 2 is 2.23 bits per heavy atom. The van der Waals surface area contributed by atoms with E-state index in [2.05, 4.69) is 18.7 Å². The molecule has 1 heteroatoms. The highest BCUT2D eigenvalue weighted by molar-refractivity contribution is 5.68. The van der Waals surface area contributed by atoms with Crippen molar-refractivity contribution in [3.63, 3.8) is 0 Å². The summed E-state index contributed by atoms with van der Waals surface area (Å²) in [5.74, 6) is 1.64. The summed E-state index contributed by atoms with van der Waals surface area (Å²) in [7, 11) is 1.69. The molecule has 1 aromatic rings. The first kappa shape index (κ1) is 8.36. The molecule has 0 spiro atoms. The minimum Gasteiger partial charge on any atom is -0.497 e. The van der Waals surface area contributed by atoms with Gasteiger partial charge in [-0.3, -0.25) is 0 Å². The number of allylic oxidation sites excluding steroid dienone is 1. The highest BCUT2D eigenvalue weighted by atomic mass is 16.5. The number of rotatable bonds is 3. The Balaban J connectivity index is 2.23. The summed E-state index contributed by atoms with van der Waals surface area (Å²) in [4.78, 5) is 0. The van der Waals surface area contributed by atoms with Crippen LogP contribution in [0.25, 0.3) is 5.57 Å². The van der Waals surface area contributed by atoms with Gasteiger partial charge in [-0.25, -0.2) is 0 Å². The molecule has 0 saturated heterocycles. The third-order valence-corrected chi connectivity index (χ3v) is 2.51. The van der Waals surface area contributed by atoms with Crippen LogP contribution in [0.2, 0.25) is 0 Å². The van der Waals surface area contributed by atoms with E-state index in [4.69, 9.17) is 4.74 Å². The van der Waals surface area contributed by atoms with Crippen molar-refractivity contribution in [2.75, 3.05) is 7.11 Å². The quantitative estimate of drug-likeness (QED) is 0.684. The molecular formula is C12H14O. The Labute approximate surface area is 79.0 Å². The van der Waals surface area contributed by atoms with Crippen LogP contribution in [-0.2, 0) is 0 Å². The van der Waals surface area contributed by atoms with Crippen LogP contribution < -0.4 is 4.74 Å². The van der Waals surface area contributed by atoms with Crippen LogP contribution in [-0.4, -0.2) is 7.11 Å². The predicted molar refractivity (Wildman–Crippen MR) is 54.8 cm³/mol. The van der Waals surface area contributed by atoms with Gasteiger partial charge in [0, 0.05) is 0 Å². The highest BCUT2D eigenvalue weighted by Crippen LogP contribution is 2.41. The Morgan fingerprint density at radius 1 is 1.46 bits per heavy atom. The molecule has 1 aliphatic rings. The van der Waals surface area contributed by atoms with E-state index in [1.165, 1.54) is 24.0 Å². The lowest BCUT2D eigenvalue weighted by atomic mass is 10.0. The Bertz CT molecular complexity index is 324. The largest absolute Gasteiger partial charge is 0.497 e. The SMILES string of the molecule is C=C(c1cccc(OC)c1)C1CC1. The molecule has 0 bridgehead atoms. The zero-order valence-corrected chi connectivity index (χ0v) is 7.92. The molecule has 13 heavy (non-hydrogen) atoms. The first-order valence-corrected chi connectivity index (χ1v) is 4.64. The Morgan fingerprint density at radius 3 is 2.85 bits per heavy atom. The number of hydrogen-bond donors (Lipinski definition) is 0. The topological polar surface area (TPSA) is 9.23 Å². The highest BCUT2D eigenvalue weighted by Gasteiger charge is 2.25. The molecule has 0 amide bonds. The van der Waals surface area contributed by atoms with Gasteiger partial charge in [-0.05, 0) is 42.0 Å². The second kappa shape index (κ2) is 3.25. The molecule has 0 aromatic heterocycles. The number of methoxy groups -OCH3 is 1. The molecule has 0 radical (unpaired) electrons. The van der Waals surface area contributed by atoms with Gasteiger partial charge >= 0.3 is 0 Å². The van der Waals surface area contributed by atoms with Crippen LogP contribution in [0, 0.1) is 5.92 Å². The van der Waals surface area contributed by atoms with Crippen LogP contribution in [0.3, 0.4) is 0 Å². The molecule has 0 N–H and O–H groups in total. The molecule has 2 rings (SSSR count). The summed E-state index contributed by atoms with van der Waals surface area (Å²) in [5.41, 5.74) is 2.49. The normalized spacial score (nSPS) is 15.5. The average molecular weight is 174 g/mol. The summed E-state index contributed by atoms with van der Waals surface area (Å²) in [6.45, 7) is 4.11. The summed E-state index contributed by atoms with van der Waals surface area (Å²) in [6, 6.07) is 8.13. The smallest absolute Gasteiger partial charge is 0.119 e. The molecule has 0 unspecified atom stereocenters. The lowest BCUT2D eigenvalue weighted by molar-refractivity contribution is 0.414. The minimum absolute atomic E-state index is 0.729. The third kappa shape index (κ3) is 1.74. The summed E-state index contributed by atoms with van der Waals surface area (Å²) >= 11 is 0. The first-order valence-electron chi connectivity index (χ1n) is 4.64. The molecule has 1 aromatic carbocycles. The maximum Gasteiger partial charge on any atom is 0.119 e. The van der Waals surface area contributed by atoms with Crippen molar-refractivity contribution in [2.45, 2.75) is 12.8 Å². The van der Waals surface area contributed by atoms with E-state index in [1.807, 2.05) is 12.1 Å². The van der Waals surface area contributed by atoms with E-state index in [9.17, 15) is 0 Å². The van der Waals surface area contributed by atoms with Gasteiger partial charge in [0.25, 0.3) is 0 Å². The monoisotopic (exact) mass is 174 g/mol. The fourth-order valence-electron chi connectivity index (χ4n) is 1.49. The first-order chi connectivity index (χ1) is 6.31. The van der Waals surface area contributed by atoms with Crippen LogP contribution >= 0.6 is 0 Å². The van der Waals surface area contributed by atoms with Gasteiger partial charge in [-0.15, -0.1) is 0 Å². The van der Waals surface area contributed by atoms with Gasteiger partial charge in [0.05, 0.1) is 7.11 Å². The maximum absolute atomic E-state index is 5.16. The molecule has 1 aliphatic carbocycles. The zero-order valence-electron chi connectivity index (χ0n) is 7.92. The maximum atomic E-state index is 5.16. The zero-order chi connectivity index (χ0) is 9.26. The number of ether oxygens (including phenoxy) is 1. The molecule has 1 nitrogen and oxygen atoms in total. The van der Waals surface area contributed by atoms with Crippen molar-refractivity contribution < 1.29 is 4.74 Å². The summed E-state index contributed by atoms with van der Waals surface area (Å²) in [5, 5.41) is 0. The van der Waals surface area contributed by atoms with E-state index < -0.39 is 0 Å². The molecule has 0 aliphatic heterocycles. The lowest BCUT2D eigenvalue weighted by Crippen LogP contribution is -1.87. The predicted octanol–water partition coefficient (Wildman–Crippen LogP) is 3.12. The molecule has 1 saturated carbocycles. The van der Waals surface area contributed by atoms with E-state index in [0.717, 1.165) is 11.7 Å². The second-order valence-corrected chi connectivity index (χ2v) is 3.53. The van der Waals surface area contributed by atoms with Crippen LogP contribution in [0.15, 0.2) is 30.8 Å². The van der Waals surface area contributed by atoms with Crippen LogP contribution in [0.5, 0.6) is 5.75 Å². The lowest BCUT2D eigenvalue weighted by Gasteiger charge is -2.05. The van der Waals surface area contributed by atoms with Gasteiger partial charge in [-0.2, -0.15) is 0 Å². The van der Waals surface area contributed by atoms with Gasteiger partial charge in [-0.1, -0.05) is 18.7 Å².